The van der Waals surface area contributed by atoms with Gasteiger partial charge in [-0.3, -0.25) is 14.4 Å². The van der Waals surface area contributed by atoms with E-state index in [1.54, 1.807) is 0 Å². The van der Waals surface area contributed by atoms with Crippen LogP contribution in [0.3, 0.4) is 0 Å². The minimum absolute atomic E-state index is 0.0407. The molecule has 5 saturated carbocycles. The number of hydrogen-bond donors (Lipinski definition) is 4. The number of aliphatic hydroxyl groups is 1. The molecule has 0 aromatic rings. The van der Waals surface area contributed by atoms with Gasteiger partial charge in [0.1, 0.15) is 0 Å². The van der Waals surface area contributed by atoms with Crippen LogP contribution >= 0.6 is 0 Å². The van der Waals surface area contributed by atoms with Gasteiger partial charge < -0.3 is 20.8 Å². The number of fused-ring (bicyclic) bond motifs is 7. The van der Waals surface area contributed by atoms with Crippen molar-refractivity contribution in [1.29, 1.82) is 0 Å². The highest BCUT2D eigenvalue weighted by Gasteiger charge is 2.71. The fraction of sp³-hybridized carbons (Fsp3) is 0.875. The molecule has 47 heavy (non-hydrogen) atoms. The van der Waals surface area contributed by atoms with Gasteiger partial charge in [0.2, 0.25) is 11.8 Å². The zero-order valence-electron chi connectivity index (χ0n) is 30.5. The lowest BCUT2D eigenvalue weighted by Gasteiger charge is -2.72. The van der Waals surface area contributed by atoms with Crippen molar-refractivity contribution in [1.82, 2.24) is 10.6 Å². The first kappa shape index (κ1) is 36.4. The Bertz CT molecular complexity index is 1210. The number of unbranched alkanes of at least 4 members (excludes halogenated alkanes) is 3. The van der Waals surface area contributed by atoms with Crippen LogP contribution in [-0.4, -0.2) is 47.2 Å². The predicted octanol–water partition coefficient (Wildman–Crippen LogP) is 7.66. The SMILES string of the molecule is C=C(C)[C@@H]1CC[C@]2(C(=O)NCCC(=O)NCCCCCCC(=O)O)CC[C@]3(C)[C@H](CC[C@@H]4[C@@]5(C)CC[C@H](O)C(C)(C)[C@@H]5CC[C@]43C)[C@@H]12. The van der Waals surface area contributed by atoms with Crippen LogP contribution in [0.15, 0.2) is 12.2 Å². The summed E-state index contributed by atoms with van der Waals surface area (Å²) in [5.41, 5.74) is 1.38. The van der Waals surface area contributed by atoms with E-state index in [1.807, 2.05) is 0 Å². The summed E-state index contributed by atoms with van der Waals surface area (Å²) in [7, 11) is 0. The molecule has 0 aromatic carbocycles. The van der Waals surface area contributed by atoms with E-state index in [0.717, 1.165) is 57.8 Å². The molecule has 0 heterocycles. The van der Waals surface area contributed by atoms with Crippen molar-refractivity contribution < 1.29 is 24.6 Å². The van der Waals surface area contributed by atoms with Crippen LogP contribution in [0.5, 0.6) is 0 Å². The van der Waals surface area contributed by atoms with Gasteiger partial charge in [0.25, 0.3) is 0 Å². The number of allylic oxidation sites excluding steroid dienone is 1. The maximum Gasteiger partial charge on any atom is 0.303 e. The lowest BCUT2D eigenvalue weighted by atomic mass is 9.32. The van der Waals surface area contributed by atoms with E-state index in [0.29, 0.717) is 49.1 Å². The largest absolute Gasteiger partial charge is 0.481 e. The molecule has 4 N–H and O–H groups in total. The quantitative estimate of drug-likeness (QED) is 0.127. The number of carboxylic acid groups (broad SMARTS) is 1. The summed E-state index contributed by atoms with van der Waals surface area (Å²) >= 11 is 0. The summed E-state index contributed by atoms with van der Waals surface area (Å²) in [6, 6.07) is 0. The summed E-state index contributed by atoms with van der Waals surface area (Å²) < 4.78 is 0. The van der Waals surface area contributed by atoms with E-state index in [1.165, 1.54) is 31.3 Å². The lowest BCUT2D eigenvalue weighted by Crippen LogP contribution is -2.67. The van der Waals surface area contributed by atoms with Crippen LogP contribution in [0.1, 0.15) is 144 Å². The van der Waals surface area contributed by atoms with Gasteiger partial charge in [0.05, 0.1) is 11.5 Å². The molecule has 5 rings (SSSR count). The Labute approximate surface area is 284 Å². The number of hydrogen-bond acceptors (Lipinski definition) is 4. The van der Waals surface area contributed by atoms with Crippen LogP contribution in [0.25, 0.3) is 0 Å². The highest BCUT2D eigenvalue weighted by Crippen LogP contribution is 2.77. The van der Waals surface area contributed by atoms with Crippen molar-refractivity contribution >= 4 is 17.8 Å². The molecule has 5 aliphatic rings. The zero-order valence-corrected chi connectivity index (χ0v) is 30.5. The van der Waals surface area contributed by atoms with Gasteiger partial charge >= 0.3 is 5.97 Å². The van der Waals surface area contributed by atoms with Crippen LogP contribution in [-0.2, 0) is 14.4 Å². The minimum Gasteiger partial charge on any atom is -0.481 e. The topological polar surface area (TPSA) is 116 Å². The van der Waals surface area contributed by atoms with Gasteiger partial charge in [-0.25, -0.2) is 0 Å². The second kappa shape index (κ2) is 13.4. The summed E-state index contributed by atoms with van der Waals surface area (Å²) in [5, 5.41) is 26.0. The number of carbonyl (C=O) groups is 3. The van der Waals surface area contributed by atoms with E-state index >= 15 is 0 Å². The van der Waals surface area contributed by atoms with E-state index in [9.17, 15) is 19.5 Å². The standard InChI is InChI=1S/C40H66N2O5/c1-26(2)27-15-21-40(35(47)42-25-18-32(44)41-24-11-9-8-10-12-33(45)46)23-22-38(6)28(34(27)40)13-14-30-37(5)19-17-31(43)36(3,4)29(37)16-20-39(30,38)7/h27-31,34,43H,1,8-25H2,2-7H3,(H,41,44)(H,42,47)(H,45,46)/t27-,28+,29-,30+,31-,34+,37-,38+,39+,40-/m0/s1. The van der Waals surface area contributed by atoms with Crippen LogP contribution in [0.2, 0.25) is 0 Å². The molecular formula is C40H66N2O5. The normalized spacial score (nSPS) is 41.9. The Morgan fingerprint density at radius 1 is 0.745 bits per heavy atom. The third kappa shape index (κ3) is 6.11. The fourth-order valence-corrected chi connectivity index (χ4v) is 13.1. The number of nitrogens with one attached hydrogen (secondary N) is 2. The van der Waals surface area contributed by atoms with Gasteiger partial charge in [-0.2, -0.15) is 0 Å². The van der Waals surface area contributed by atoms with Crippen molar-refractivity contribution in [3.05, 3.63) is 12.2 Å². The summed E-state index contributed by atoms with van der Waals surface area (Å²) in [6.45, 7) is 20.0. The molecule has 266 valence electrons. The molecule has 2 amide bonds. The third-order valence-corrected chi connectivity index (χ3v) is 15.8. The van der Waals surface area contributed by atoms with E-state index in [-0.39, 0.29) is 57.8 Å². The number of aliphatic hydroxyl groups excluding tert-OH is 1. The summed E-state index contributed by atoms with van der Waals surface area (Å²) in [5.74, 6) is 1.67. The first-order valence-electron chi connectivity index (χ1n) is 19.1. The lowest BCUT2D eigenvalue weighted by molar-refractivity contribution is -0.246. The predicted molar refractivity (Wildman–Crippen MR) is 186 cm³/mol. The smallest absolute Gasteiger partial charge is 0.303 e. The van der Waals surface area contributed by atoms with Gasteiger partial charge in [-0.15, -0.1) is 0 Å². The number of carboxylic acids is 1. The molecule has 5 aliphatic carbocycles. The van der Waals surface area contributed by atoms with Gasteiger partial charge in [0, 0.05) is 25.9 Å². The highest BCUT2D eigenvalue weighted by molar-refractivity contribution is 5.84. The molecular weight excluding hydrogens is 588 g/mol. The van der Waals surface area contributed by atoms with Crippen molar-refractivity contribution in [2.75, 3.05) is 13.1 Å². The number of carbonyl (C=O) groups excluding carboxylic acids is 2. The Balaban J connectivity index is 1.26. The van der Waals surface area contributed by atoms with Crippen molar-refractivity contribution in [2.24, 2.45) is 56.7 Å². The molecule has 0 saturated heterocycles. The molecule has 0 spiro atoms. The Morgan fingerprint density at radius 3 is 2.17 bits per heavy atom. The summed E-state index contributed by atoms with van der Waals surface area (Å²) in [6.07, 6.45) is 14.3. The maximum atomic E-state index is 14.3. The van der Waals surface area contributed by atoms with Gasteiger partial charge in [-0.1, -0.05) is 59.6 Å². The Morgan fingerprint density at radius 2 is 1.47 bits per heavy atom. The van der Waals surface area contributed by atoms with Gasteiger partial charge in [0.15, 0.2) is 0 Å². The summed E-state index contributed by atoms with van der Waals surface area (Å²) in [4.78, 5) is 37.5. The molecule has 0 radical (unpaired) electrons. The average molecular weight is 655 g/mol. The molecule has 0 aromatic heterocycles. The van der Waals surface area contributed by atoms with Crippen molar-refractivity contribution in [2.45, 2.75) is 150 Å². The second-order valence-corrected chi connectivity index (χ2v) is 18.1. The molecule has 7 nitrogen and oxygen atoms in total. The molecule has 0 aliphatic heterocycles. The molecule has 5 fully saturated rings. The Kier molecular flexibility index (Phi) is 10.4. The fourth-order valence-electron chi connectivity index (χ4n) is 13.1. The van der Waals surface area contributed by atoms with Crippen LogP contribution in [0.4, 0.5) is 0 Å². The first-order valence-corrected chi connectivity index (χ1v) is 19.1. The maximum absolute atomic E-state index is 14.3. The molecule has 0 unspecified atom stereocenters. The third-order valence-electron chi connectivity index (χ3n) is 15.8. The number of amides is 2. The Hall–Kier alpha value is -1.89. The highest BCUT2D eigenvalue weighted by atomic mass is 16.4. The van der Waals surface area contributed by atoms with E-state index in [4.69, 9.17) is 5.11 Å². The minimum atomic E-state index is -0.759. The molecule has 0 bridgehead atoms. The number of rotatable bonds is 12. The average Bonchev–Trinajstić information content (AvgIpc) is 3.40. The van der Waals surface area contributed by atoms with E-state index < -0.39 is 5.97 Å². The zero-order chi connectivity index (χ0) is 34.4. The second-order valence-electron chi connectivity index (χ2n) is 18.1. The van der Waals surface area contributed by atoms with Gasteiger partial charge in [-0.05, 0) is 135 Å². The first-order chi connectivity index (χ1) is 22.0. The van der Waals surface area contributed by atoms with E-state index in [2.05, 4.69) is 58.8 Å². The molecule has 7 heteroatoms. The molecule has 10 atom stereocenters. The van der Waals surface area contributed by atoms with Crippen LogP contribution < -0.4 is 10.6 Å². The van der Waals surface area contributed by atoms with Crippen molar-refractivity contribution in [3.8, 4) is 0 Å². The van der Waals surface area contributed by atoms with Crippen molar-refractivity contribution in [3.63, 3.8) is 0 Å². The number of aliphatic carboxylic acids is 1. The monoisotopic (exact) mass is 654 g/mol. The van der Waals surface area contributed by atoms with Crippen LogP contribution in [0, 0.1) is 56.7 Å².